The van der Waals surface area contributed by atoms with Gasteiger partial charge in [-0.1, -0.05) is 54.6 Å². The molecule has 0 fully saturated rings. The Morgan fingerprint density at radius 2 is 1.25 bits per heavy atom. The first-order chi connectivity index (χ1) is 9.88. The molecule has 0 aliphatic carbocycles. The molecule has 96 valence electrons. The first-order valence-electron chi connectivity index (χ1n) is 6.63. The summed E-state index contributed by atoms with van der Waals surface area (Å²) >= 11 is 0. The summed E-state index contributed by atoms with van der Waals surface area (Å²) in [5.41, 5.74) is 1.92. The molecule has 1 aromatic heterocycles. The first-order valence-corrected chi connectivity index (χ1v) is 6.63. The molecule has 20 heavy (non-hydrogen) atoms. The number of allylic oxidation sites excluding steroid dienone is 1. The molecule has 0 saturated carbocycles. The summed E-state index contributed by atoms with van der Waals surface area (Å²) in [5.74, 6) is 0. The van der Waals surface area contributed by atoms with Crippen LogP contribution >= 0.6 is 0 Å². The van der Waals surface area contributed by atoms with Crippen LogP contribution < -0.4 is 0 Å². The molecule has 0 saturated heterocycles. The molecule has 3 nitrogen and oxygen atoms in total. The molecule has 0 unspecified atom stereocenters. The minimum atomic E-state index is 0.622. The Labute approximate surface area is 116 Å². The molecule has 0 radical (unpaired) electrons. The molecule has 3 aromatic carbocycles. The Morgan fingerprint density at radius 1 is 0.800 bits per heavy atom. The molecule has 0 bridgehead atoms. The zero-order valence-electron chi connectivity index (χ0n) is 11.0. The van der Waals surface area contributed by atoms with E-state index in [2.05, 4.69) is 53.2 Å². The number of rotatable bonds is 2. The number of aromatic nitrogens is 3. The molecular formula is C17H13N3. The minimum Gasteiger partial charge on any atom is -0.180 e. The van der Waals surface area contributed by atoms with E-state index in [9.17, 15) is 0 Å². The van der Waals surface area contributed by atoms with E-state index >= 15 is 0 Å². The van der Waals surface area contributed by atoms with E-state index in [4.69, 9.17) is 0 Å². The third kappa shape index (κ3) is 1.46. The predicted octanol–water partition coefficient (Wildman–Crippen LogP) is 3.92. The second-order valence-electron chi connectivity index (χ2n) is 4.83. The van der Waals surface area contributed by atoms with Crippen LogP contribution in [0.25, 0.3) is 32.6 Å². The van der Waals surface area contributed by atoms with E-state index in [-0.39, 0.29) is 0 Å². The number of benzene rings is 3. The van der Waals surface area contributed by atoms with Crippen molar-refractivity contribution in [3.63, 3.8) is 0 Å². The van der Waals surface area contributed by atoms with Gasteiger partial charge in [0.15, 0.2) is 0 Å². The summed E-state index contributed by atoms with van der Waals surface area (Å²) < 4.78 is 0. The van der Waals surface area contributed by atoms with Gasteiger partial charge in [0.25, 0.3) is 0 Å². The molecule has 1 heterocycles. The third-order valence-electron chi connectivity index (χ3n) is 3.60. The number of nitrogens with zero attached hydrogens (tertiary/aromatic N) is 3. The SMILES string of the molecule is C=CCn1nc2c3ccccc3c3ccccc3c2n1. The van der Waals surface area contributed by atoms with Gasteiger partial charge in [0.1, 0.15) is 11.0 Å². The molecule has 4 aromatic rings. The van der Waals surface area contributed by atoms with Crippen LogP contribution in [0.3, 0.4) is 0 Å². The Morgan fingerprint density at radius 3 is 1.70 bits per heavy atom. The lowest BCUT2D eigenvalue weighted by Crippen LogP contribution is -1.98. The van der Waals surface area contributed by atoms with Crippen molar-refractivity contribution in [1.82, 2.24) is 15.0 Å². The van der Waals surface area contributed by atoms with Crippen LogP contribution in [0.5, 0.6) is 0 Å². The van der Waals surface area contributed by atoms with Crippen LogP contribution in [0.1, 0.15) is 0 Å². The highest BCUT2D eigenvalue weighted by atomic mass is 15.5. The molecule has 0 spiro atoms. The Kier molecular flexibility index (Phi) is 2.33. The van der Waals surface area contributed by atoms with Gasteiger partial charge in [-0.3, -0.25) is 0 Å². The quantitative estimate of drug-likeness (QED) is 0.403. The number of hydrogen-bond donors (Lipinski definition) is 0. The Hall–Kier alpha value is -2.68. The average molecular weight is 259 g/mol. The van der Waals surface area contributed by atoms with Gasteiger partial charge in [-0.05, 0) is 10.8 Å². The first kappa shape index (κ1) is 11.2. The van der Waals surface area contributed by atoms with Crippen LogP contribution in [0.4, 0.5) is 0 Å². The molecule has 0 amide bonds. The van der Waals surface area contributed by atoms with Crippen LogP contribution in [-0.2, 0) is 6.54 Å². The van der Waals surface area contributed by atoms with Crippen molar-refractivity contribution < 1.29 is 0 Å². The van der Waals surface area contributed by atoms with Crippen molar-refractivity contribution >= 4 is 32.6 Å². The standard InChI is InChI=1S/C17H13N3/c1-2-11-20-18-16-14-9-5-3-7-12(14)13-8-4-6-10-15(13)17(16)19-20/h2-10H,1,11H2. The van der Waals surface area contributed by atoms with Crippen molar-refractivity contribution in [1.29, 1.82) is 0 Å². The topological polar surface area (TPSA) is 30.7 Å². The third-order valence-corrected chi connectivity index (χ3v) is 3.60. The second kappa shape index (κ2) is 4.17. The van der Waals surface area contributed by atoms with Gasteiger partial charge in [-0.25, -0.2) is 0 Å². The molecule has 0 aliphatic heterocycles. The summed E-state index contributed by atoms with van der Waals surface area (Å²) in [7, 11) is 0. The number of fused-ring (bicyclic) bond motifs is 6. The monoisotopic (exact) mass is 259 g/mol. The summed E-state index contributed by atoms with van der Waals surface area (Å²) in [4.78, 5) is 1.70. The Balaban J connectivity index is 2.28. The normalized spacial score (nSPS) is 11.4. The van der Waals surface area contributed by atoms with Gasteiger partial charge in [0, 0.05) is 10.8 Å². The Bertz CT molecular complexity index is 878. The van der Waals surface area contributed by atoms with E-state index in [1.165, 1.54) is 10.8 Å². The van der Waals surface area contributed by atoms with Crippen molar-refractivity contribution in [2.75, 3.05) is 0 Å². The summed E-state index contributed by atoms with van der Waals surface area (Å²) in [6.45, 7) is 4.37. The second-order valence-corrected chi connectivity index (χ2v) is 4.83. The maximum absolute atomic E-state index is 4.62. The van der Waals surface area contributed by atoms with E-state index in [1.54, 1.807) is 4.80 Å². The average Bonchev–Trinajstić information content (AvgIpc) is 2.92. The van der Waals surface area contributed by atoms with E-state index < -0.39 is 0 Å². The zero-order valence-corrected chi connectivity index (χ0v) is 11.0. The van der Waals surface area contributed by atoms with Gasteiger partial charge in [-0.2, -0.15) is 15.0 Å². The van der Waals surface area contributed by atoms with Crippen molar-refractivity contribution in [2.45, 2.75) is 6.54 Å². The molecule has 0 atom stereocenters. The fourth-order valence-electron chi connectivity index (χ4n) is 2.76. The molecule has 0 aliphatic rings. The lowest BCUT2D eigenvalue weighted by Gasteiger charge is -2.04. The molecule has 0 N–H and O–H groups in total. The maximum atomic E-state index is 4.62. The van der Waals surface area contributed by atoms with Gasteiger partial charge in [0.05, 0.1) is 6.54 Å². The fourth-order valence-corrected chi connectivity index (χ4v) is 2.76. The van der Waals surface area contributed by atoms with Gasteiger partial charge in [-0.15, -0.1) is 6.58 Å². The van der Waals surface area contributed by atoms with E-state index in [0.717, 1.165) is 21.8 Å². The smallest absolute Gasteiger partial charge is 0.121 e. The fraction of sp³-hybridized carbons (Fsp3) is 0.0588. The predicted molar refractivity (Wildman–Crippen MR) is 82.7 cm³/mol. The van der Waals surface area contributed by atoms with Gasteiger partial charge in [0.2, 0.25) is 0 Å². The largest absolute Gasteiger partial charge is 0.180 e. The molecule has 3 heteroatoms. The van der Waals surface area contributed by atoms with Crippen LogP contribution in [0.2, 0.25) is 0 Å². The molecular weight excluding hydrogens is 246 g/mol. The van der Waals surface area contributed by atoms with Crippen molar-refractivity contribution in [3.8, 4) is 0 Å². The maximum Gasteiger partial charge on any atom is 0.121 e. The van der Waals surface area contributed by atoms with Crippen LogP contribution in [-0.4, -0.2) is 15.0 Å². The number of hydrogen-bond acceptors (Lipinski definition) is 2. The lowest BCUT2D eigenvalue weighted by molar-refractivity contribution is 0.613. The summed E-state index contributed by atoms with van der Waals surface area (Å²) in [5, 5.41) is 14.0. The molecule has 4 rings (SSSR count). The summed E-state index contributed by atoms with van der Waals surface area (Å²) in [6.07, 6.45) is 1.81. The van der Waals surface area contributed by atoms with Crippen LogP contribution in [0.15, 0.2) is 61.2 Å². The van der Waals surface area contributed by atoms with E-state index in [0.29, 0.717) is 6.54 Å². The summed E-state index contributed by atoms with van der Waals surface area (Å²) in [6, 6.07) is 16.7. The zero-order chi connectivity index (χ0) is 13.5. The van der Waals surface area contributed by atoms with Crippen molar-refractivity contribution in [2.24, 2.45) is 0 Å². The highest BCUT2D eigenvalue weighted by molar-refractivity contribution is 6.22. The van der Waals surface area contributed by atoms with Gasteiger partial charge < -0.3 is 0 Å². The van der Waals surface area contributed by atoms with Gasteiger partial charge >= 0.3 is 0 Å². The van der Waals surface area contributed by atoms with Crippen molar-refractivity contribution in [3.05, 3.63) is 61.2 Å². The lowest BCUT2D eigenvalue weighted by atomic mass is 10.0. The highest BCUT2D eigenvalue weighted by Crippen LogP contribution is 2.32. The minimum absolute atomic E-state index is 0.622. The van der Waals surface area contributed by atoms with Crippen LogP contribution in [0, 0.1) is 0 Å². The van der Waals surface area contributed by atoms with E-state index in [1.807, 2.05) is 18.2 Å². The highest BCUT2D eigenvalue weighted by Gasteiger charge is 2.12.